The predicted molar refractivity (Wildman–Crippen MR) is 118 cm³/mol. The number of hydrogen-bond donors (Lipinski definition) is 2. The molecule has 0 saturated heterocycles. The van der Waals surface area contributed by atoms with Gasteiger partial charge in [0.25, 0.3) is 0 Å². The van der Waals surface area contributed by atoms with Crippen molar-refractivity contribution in [1.82, 2.24) is 20.5 Å². The van der Waals surface area contributed by atoms with Crippen molar-refractivity contribution in [2.45, 2.75) is 25.7 Å². The number of likely N-dealkylation sites (N-methyl/N-ethyl adjacent to an activating group) is 1. The minimum absolute atomic E-state index is 0. The number of hydrogen-bond acceptors (Lipinski definition) is 4. The normalized spacial score (nSPS) is 13.2. The van der Waals surface area contributed by atoms with Crippen molar-refractivity contribution in [2.24, 2.45) is 4.99 Å². The Kier molecular flexibility index (Phi) is 10.3. The summed E-state index contributed by atoms with van der Waals surface area (Å²) in [7, 11) is 3.82. The number of rotatable bonds is 7. The Bertz CT molecular complexity index is 777. The monoisotopic (exact) mass is 545 g/mol. The zero-order valence-electron chi connectivity index (χ0n) is 16.3. The Morgan fingerprint density at radius 2 is 1.86 bits per heavy atom. The molecule has 29 heavy (non-hydrogen) atoms. The topological polar surface area (TPSA) is 52.6 Å². The van der Waals surface area contributed by atoms with Gasteiger partial charge in [-0.25, -0.2) is 14.4 Å². The lowest BCUT2D eigenvalue weighted by atomic mass is 10.1. The summed E-state index contributed by atoms with van der Waals surface area (Å²) in [6.07, 6.45) is -4.45. The molecule has 1 unspecified atom stereocenters. The second-order valence-corrected chi connectivity index (χ2v) is 7.17. The van der Waals surface area contributed by atoms with Crippen molar-refractivity contribution in [1.29, 1.82) is 0 Å². The fraction of sp³-hybridized carbons (Fsp3) is 0.444. The zero-order valence-corrected chi connectivity index (χ0v) is 19.4. The molecule has 11 heteroatoms. The Labute approximate surface area is 188 Å². The summed E-state index contributed by atoms with van der Waals surface area (Å²) in [5.74, 6) is 0.172. The number of aromatic nitrogens is 1. The van der Waals surface area contributed by atoms with E-state index < -0.39 is 11.9 Å². The molecule has 0 radical (unpaired) electrons. The molecular weight excluding hydrogens is 521 g/mol. The number of nitrogens with one attached hydrogen (secondary N) is 2. The molecule has 1 aromatic heterocycles. The maximum absolute atomic E-state index is 13.2. The standard InChI is InChI=1S/C18H23F4N5S.HI/c1-4-23-17(25-10-16-26-15(11-28-16)18(20,21)22)24-9-14(27(2)3)12-5-7-13(19)8-6-12;/h5-8,11,14H,4,9-10H2,1-3H3,(H2,23,24,25);1H. The van der Waals surface area contributed by atoms with Crippen LogP contribution in [0.4, 0.5) is 17.6 Å². The molecule has 0 bridgehead atoms. The third kappa shape index (κ3) is 8.05. The Morgan fingerprint density at radius 1 is 1.21 bits per heavy atom. The lowest BCUT2D eigenvalue weighted by Crippen LogP contribution is -2.41. The summed E-state index contributed by atoms with van der Waals surface area (Å²) in [4.78, 5) is 9.88. The van der Waals surface area contributed by atoms with Crippen LogP contribution in [-0.4, -0.2) is 43.0 Å². The lowest BCUT2D eigenvalue weighted by Gasteiger charge is -2.26. The quantitative estimate of drug-likeness (QED) is 0.236. The molecule has 2 rings (SSSR count). The predicted octanol–water partition coefficient (Wildman–Crippen LogP) is 4.28. The third-order valence-electron chi connectivity index (χ3n) is 3.90. The lowest BCUT2D eigenvalue weighted by molar-refractivity contribution is -0.140. The minimum atomic E-state index is -4.45. The van der Waals surface area contributed by atoms with Crippen LogP contribution in [0.25, 0.3) is 0 Å². The minimum Gasteiger partial charge on any atom is -0.357 e. The first-order valence-corrected chi connectivity index (χ1v) is 9.54. The summed E-state index contributed by atoms with van der Waals surface area (Å²) in [6.45, 7) is 3.02. The van der Waals surface area contributed by atoms with Crippen molar-refractivity contribution >= 4 is 41.3 Å². The van der Waals surface area contributed by atoms with Crippen molar-refractivity contribution in [3.63, 3.8) is 0 Å². The maximum atomic E-state index is 13.2. The number of aliphatic imine (C=N–C) groups is 1. The highest BCUT2D eigenvalue weighted by Gasteiger charge is 2.33. The van der Waals surface area contributed by atoms with E-state index in [9.17, 15) is 17.6 Å². The molecule has 0 aliphatic carbocycles. The zero-order chi connectivity index (χ0) is 20.7. The molecule has 1 heterocycles. The first-order valence-electron chi connectivity index (χ1n) is 8.66. The number of halogens is 5. The maximum Gasteiger partial charge on any atom is 0.434 e. The van der Waals surface area contributed by atoms with E-state index in [-0.39, 0.29) is 47.4 Å². The fourth-order valence-electron chi connectivity index (χ4n) is 2.48. The van der Waals surface area contributed by atoms with Gasteiger partial charge in [0.2, 0.25) is 0 Å². The molecule has 2 aromatic rings. The van der Waals surface area contributed by atoms with Crippen molar-refractivity contribution in [3.05, 3.63) is 51.7 Å². The summed E-state index contributed by atoms with van der Waals surface area (Å²) in [5.41, 5.74) is 0.0362. The van der Waals surface area contributed by atoms with E-state index in [1.165, 1.54) is 12.1 Å². The smallest absolute Gasteiger partial charge is 0.357 e. The Balaban J connectivity index is 0.00000420. The number of benzene rings is 1. The average molecular weight is 545 g/mol. The SMILES string of the molecule is CCNC(=NCc1nc(C(F)(F)F)cs1)NCC(c1ccc(F)cc1)N(C)C.I. The highest BCUT2D eigenvalue weighted by molar-refractivity contribution is 14.0. The Hall–Kier alpha value is -1.47. The van der Waals surface area contributed by atoms with Gasteiger partial charge in [0, 0.05) is 18.5 Å². The van der Waals surface area contributed by atoms with Crippen LogP contribution in [0.3, 0.4) is 0 Å². The van der Waals surface area contributed by atoms with E-state index in [1.54, 1.807) is 12.1 Å². The third-order valence-corrected chi connectivity index (χ3v) is 4.73. The molecule has 1 aromatic carbocycles. The highest BCUT2D eigenvalue weighted by atomic mass is 127. The molecule has 0 saturated carbocycles. The van der Waals surface area contributed by atoms with Crippen LogP contribution in [0.5, 0.6) is 0 Å². The summed E-state index contributed by atoms with van der Waals surface area (Å²) >= 11 is 0.926. The van der Waals surface area contributed by atoms with Gasteiger partial charge >= 0.3 is 6.18 Å². The molecule has 2 N–H and O–H groups in total. The first-order chi connectivity index (χ1) is 13.2. The van der Waals surface area contributed by atoms with E-state index in [2.05, 4.69) is 20.6 Å². The van der Waals surface area contributed by atoms with Gasteiger partial charge < -0.3 is 15.5 Å². The highest BCUT2D eigenvalue weighted by Crippen LogP contribution is 2.30. The molecule has 162 valence electrons. The van der Waals surface area contributed by atoms with Crippen LogP contribution in [0, 0.1) is 5.82 Å². The van der Waals surface area contributed by atoms with Crippen LogP contribution < -0.4 is 10.6 Å². The number of guanidine groups is 1. The number of nitrogens with zero attached hydrogens (tertiary/aromatic N) is 3. The summed E-state index contributed by atoms with van der Waals surface area (Å²) in [5, 5.41) is 7.51. The van der Waals surface area contributed by atoms with Gasteiger partial charge in [0.15, 0.2) is 11.7 Å². The number of alkyl halides is 3. The van der Waals surface area contributed by atoms with Gasteiger partial charge in [0.1, 0.15) is 10.8 Å². The molecule has 0 aliphatic heterocycles. The van der Waals surface area contributed by atoms with Crippen molar-refractivity contribution in [2.75, 3.05) is 27.2 Å². The molecule has 0 amide bonds. The Morgan fingerprint density at radius 3 is 2.38 bits per heavy atom. The molecule has 0 aliphatic rings. The van der Waals surface area contributed by atoms with Crippen LogP contribution in [0.2, 0.25) is 0 Å². The average Bonchev–Trinajstić information content (AvgIpc) is 3.10. The van der Waals surface area contributed by atoms with Crippen LogP contribution in [0.1, 0.15) is 29.2 Å². The van der Waals surface area contributed by atoms with Crippen LogP contribution in [-0.2, 0) is 12.7 Å². The largest absolute Gasteiger partial charge is 0.434 e. The van der Waals surface area contributed by atoms with E-state index in [0.717, 1.165) is 22.3 Å². The second-order valence-electron chi connectivity index (χ2n) is 6.23. The van der Waals surface area contributed by atoms with Gasteiger partial charge in [-0.3, -0.25) is 0 Å². The van der Waals surface area contributed by atoms with Crippen LogP contribution in [0.15, 0.2) is 34.6 Å². The van der Waals surface area contributed by atoms with Gasteiger partial charge in [-0.2, -0.15) is 13.2 Å². The molecule has 1 atom stereocenters. The van der Waals surface area contributed by atoms with Crippen molar-refractivity contribution < 1.29 is 17.6 Å². The fourth-order valence-corrected chi connectivity index (χ4v) is 3.20. The van der Waals surface area contributed by atoms with Gasteiger partial charge in [-0.15, -0.1) is 35.3 Å². The van der Waals surface area contributed by atoms with E-state index in [1.807, 2.05) is 25.9 Å². The van der Waals surface area contributed by atoms with Gasteiger partial charge in [-0.05, 0) is 38.7 Å². The molecular formula is C18H24F4IN5S. The van der Waals surface area contributed by atoms with E-state index in [0.29, 0.717) is 19.0 Å². The molecule has 0 fully saturated rings. The van der Waals surface area contributed by atoms with E-state index >= 15 is 0 Å². The van der Waals surface area contributed by atoms with E-state index in [4.69, 9.17) is 0 Å². The molecule has 5 nitrogen and oxygen atoms in total. The van der Waals surface area contributed by atoms with Crippen molar-refractivity contribution in [3.8, 4) is 0 Å². The molecule has 0 spiro atoms. The summed E-state index contributed by atoms with van der Waals surface area (Å²) < 4.78 is 51.1. The van der Waals surface area contributed by atoms with Gasteiger partial charge in [-0.1, -0.05) is 12.1 Å². The van der Waals surface area contributed by atoms with Crippen LogP contribution >= 0.6 is 35.3 Å². The summed E-state index contributed by atoms with van der Waals surface area (Å²) in [6, 6.07) is 6.22. The first kappa shape index (κ1) is 25.6. The number of thiazole rings is 1. The second kappa shape index (κ2) is 11.6. The van der Waals surface area contributed by atoms with Gasteiger partial charge in [0.05, 0.1) is 12.6 Å².